The van der Waals surface area contributed by atoms with Gasteiger partial charge in [-0.15, -0.1) is 0 Å². The van der Waals surface area contributed by atoms with Gasteiger partial charge in [0.2, 0.25) is 5.91 Å². The first-order valence-corrected chi connectivity index (χ1v) is 10.4. The van der Waals surface area contributed by atoms with Crippen molar-refractivity contribution in [3.63, 3.8) is 0 Å². The van der Waals surface area contributed by atoms with Gasteiger partial charge in [0.1, 0.15) is 6.04 Å². The number of nitrogens with one attached hydrogen (secondary N) is 1. The molecule has 0 bridgehead atoms. The summed E-state index contributed by atoms with van der Waals surface area (Å²) in [5.41, 5.74) is 1.98. The number of rotatable bonds is 6. The summed E-state index contributed by atoms with van der Waals surface area (Å²) >= 11 is 0. The van der Waals surface area contributed by atoms with Gasteiger partial charge in [-0.1, -0.05) is 49.1 Å². The molecule has 0 saturated heterocycles. The molecule has 2 amide bonds. The lowest BCUT2D eigenvalue weighted by molar-refractivity contribution is -0.127. The highest BCUT2D eigenvalue weighted by atomic mass is 16.3. The molecule has 2 aliphatic carbocycles. The zero-order valence-electron chi connectivity index (χ0n) is 16.4. The maximum atomic E-state index is 13.4. The van der Waals surface area contributed by atoms with Crippen LogP contribution in [0.1, 0.15) is 72.7 Å². The average Bonchev–Trinajstić information content (AvgIpc) is 3.39. The van der Waals surface area contributed by atoms with Crippen LogP contribution in [0.15, 0.2) is 47.1 Å². The molecule has 2 aromatic rings. The predicted octanol–water partition coefficient (Wildman–Crippen LogP) is 4.38. The van der Waals surface area contributed by atoms with Crippen molar-refractivity contribution in [1.82, 2.24) is 10.2 Å². The van der Waals surface area contributed by atoms with E-state index < -0.39 is 6.04 Å². The van der Waals surface area contributed by atoms with Crippen LogP contribution in [0.5, 0.6) is 0 Å². The van der Waals surface area contributed by atoms with Crippen molar-refractivity contribution < 1.29 is 14.0 Å². The lowest BCUT2D eigenvalue weighted by Gasteiger charge is -2.33. The third-order valence-electron chi connectivity index (χ3n) is 5.78. The SMILES string of the molecule is Cc1ccc(C(C(=O)NC2CCCCC2)N(C(=O)c2ccco2)C2CC2)cc1. The van der Waals surface area contributed by atoms with Crippen molar-refractivity contribution in [1.29, 1.82) is 0 Å². The number of carbonyl (C=O) groups is 2. The Morgan fingerprint density at radius 3 is 2.36 bits per heavy atom. The molecule has 2 fully saturated rings. The van der Waals surface area contributed by atoms with E-state index in [1.165, 1.54) is 12.7 Å². The summed E-state index contributed by atoms with van der Waals surface area (Å²) in [6.07, 6.45) is 8.91. The molecule has 0 radical (unpaired) electrons. The summed E-state index contributed by atoms with van der Waals surface area (Å²) in [6, 6.07) is 11.0. The minimum Gasteiger partial charge on any atom is -0.459 e. The number of carbonyl (C=O) groups excluding carboxylic acids is 2. The minimum atomic E-state index is -0.632. The zero-order valence-corrected chi connectivity index (χ0v) is 16.4. The monoisotopic (exact) mass is 380 g/mol. The van der Waals surface area contributed by atoms with E-state index in [0.29, 0.717) is 0 Å². The molecular formula is C23H28N2O3. The Morgan fingerprint density at radius 2 is 1.75 bits per heavy atom. The third kappa shape index (κ3) is 4.13. The molecule has 148 valence electrons. The summed E-state index contributed by atoms with van der Waals surface area (Å²) < 4.78 is 5.37. The Hall–Kier alpha value is -2.56. The second kappa shape index (κ2) is 8.21. The Labute approximate surface area is 166 Å². The summed E-state index contributed by atoms with van der Waals surface area (Å²) in [7, 11) is 0. The molecule has 4 rings (SSSR count). The molecule has 5 nitrogen and oxygen atoms in total. The largest absolute Gasteiger partial charge is 0.459 e. The van der Waals surface area contributed by atoms with Gasteiger partial charge >= 0.3 is 0 Å². The smallest absolute Gasteiger partial charge is 0.290 e. The van der Waals surface area contributed by atoms with Gasteiger partial charge < -0.3 is 14.6 Å². The molecule has 1 aromatic heterocycles. The quantitative estimate of drug-likeness (QED) is 0.809. The average molecular weight is 380 g/mol. The van der Waals surface area contributed by atoms with Gasteiger partial charge in [0, 0.05) is 12.1 Å². The van der Waals surface area contributed by atoms with Crippen LogP contribution in [0.2, 0.25) is 0 Å². The summed E-state index contributed by atoms with van der Waals surface area (Å²) in [5.74, 6) is -0.00564. The van der Waals surface area contributed by atoms with Crippen molar-refractivity contribution in [3.05, 3.63) is 59.5 Å². The Morgan fingerprint density at radius 1 is 1.04 bits per heavy atom. The lowest BCUT2D eigenvalue weighted by atomic mass is 9.94. The summed E-state index contributed by atoms with van der Waals surface area (Å²) in [5, 5.41) is 3.23. The number of hydrogen-bond donors (Lipinski definition) is 1. The molecule has 5 heteroatoms. The van der Waals surface area contributed by atoms with Gasteiger partial charge in [0.15, 0.2) is 5.76 Å². The van der Waals surface area contributed by atoms with Gasteiger partial charge in [0.25, 0.3) is 5.91 Å². The summed E-state index contributed by atoms with van der Waals surface area (Å²) in [6.45, 7) is 2.02. The molecule has 28 heavy (non-hydrogen) atoms. The molecule has 0 spiro atoms. The second-order valence-corrected chi connectivity index (χ2v) is 8.08. The van der Waals surface area contributed by atoms with Crippen LogP contribution < -0.4 is 5.32 Å². The highest BCUT2D eigenvalue weighted by Gasteiger charge is 2.42. The van der Waals surface area contributed by atoms with Crippen LogP contribution in [0, 0.1) is 6.92 Å². The first-order valence-electron chi connectivity index (χ1n) is 10.4. The normalized spacial score (nSPS) is 18.5. The number of benzene rings is 1. The van der Waals surface area contributed by atoms with E-state index in [4.69, 9.17) is 4.42 Å². The number of furan rings is 1. The van der Waals surface area contributed by atoms with E-state index in [-0.39, 0.29) is 29.7 Å². The van der Waals surface area contributed by atoms with Crippen molar-refractivity contribution in [2.75, 3.05) is 0 Å². The van der Waals surface area contributed by atoms with E-state index in [0.717, 1.165) is 49.7 Å². The Kier molecular flexibility index (Phi) is 5.51. The van der Waals surface area contributed by atoms with Crippen LogP contribution in [-0.4, -0.2) is 28.8 Å². The molecule has 1 heterocycles. The molecule has 1 N–H and O–H groups in total. The topological polar surface area (TPSA) is 62.6 Å². The summed E-state index contributed by atoms with van der Waals surface area (Å²) in [4.78, 5) is 28.4. The fraction of sp³-hybridized carbons (Fsp3) is 0.478. The minimum absolute atomic E-state index is 0.0810. The van der Waals surface area contributed by atoms with Crippen molar-refractivity contribution in [3.8, 4) is 0 Å². The number of amides is 2. The Bertz CT molecular complexity index is 803. The van der Waals surface area contributed by atoms with E-state index in [1.807, 2.05) is 31.2 Å². The highest BCUT2D eigenvalue weighted by Crippen LogP contribution is 2.36. The van der Waals surface area contributed by atoms with Crippen molar-refractivity contribution >= 4 is 11.8 Å². The fourth-order valence-electron chi connectivity index (χ4n) is 4.09. The van der Waals surface area contributed by atoms with Crippen LogP contribution >= 0.6 is 0 Å². The second-order valence-electron chi connectivity index (χ2n) is 8.08. The van der Waals surface area contributed by atoms with Crippen molar-refractivity contribution in [2.24, 2.45) is 0 Å². The van der Waals surface area contributed by atoms with E-state index in [1.54, 1.807) is 17.0 Å². The van der Waals surface area contributed by atoms with Gasteiger partial charge in [-0.3, -0.25) is 9.59 Å². The maximum Gasteiger partial charge on any atom is 0.290 e. The predicted molar refractivity (Wildman–Crippen MR) is 107 cm³/mol. The lowest BCUT2D eigenvalue weighted by Crippen LogP contribution is -2.47. The van der Waals surface area contributed by atoms with E-state index in [9.17, 15) is 9.59 Å². The van der Waals surface area contributed by atoms with E-state index >= 15 is 0 Å². The third-order valence-corrected chi connectivity index (χ3v) is 5.78. The fourth-order valence-corrected chi connectivity index (χ4v) is 4.09. The number of nitrogens with zero attached hydrogens (tertiary/aromatic N) is 1. The van der Waals surface area contributed by atoms with E-state index in [2.05, 4.69) is 5.32 Å². The highest BCUT2D eigenvalue weighted by molar-refractivity contribution is 5.96. The van der Waals surface area contributed by atoms with Crippen LogP contribution in [-0.2, 0) is 4.79 Å². The molecular weight excluding hydrogens is 352 g/mol. The molecule has 1 aromatic carbocycles. The molecule has 2 saturated carbocycles. The zero-order chi connectivity index (χ0) is 19.5. The molecule has 0 aliphatic heterocycles. The molecule has 1 unspecified atom stereocenters. The first kappa shape index (κ1) is 18.8. The Balaban J connectivity index is 1.65. The number of aryl methyl sites for hydroxylation is 1. The molecule has 2 aliphatic rings. The van der Waals surface area contributed by atoms with Gasteiger partial charge in [-0.2, -0.15) is 0 Å². The van der Waals surface area contributed by atoms with Crippen molar-refractivity contribution in [2.45, 2.75) is 70.0 Å². The van der Waals surface area contributed by atoms with Gasteiger partial charge in [-0.25, -0.2) is 0 Å². The van der Waals surface area contributed by atoms with Crippen LogP contribution in [0.25, 0.3) is 0 Å². The van der Waals surface area contributed by atoms with Crippen LogP contribution in [0.3, 0.4) is 0 Å². The van der Waals surface area contributed by atoms with Crippen LogP contribution in [0.4, 0.5) is 0 Å². The number of hydrogen-bond acceptors (Lipinski definition) is 3. The molecule has 1 atom stereocenters. The first-order chi connectivity index (χ1) is 13.6. The maximum absolute atomic E-state index is 13.4. The van der Waals surface area contributed by atoms with Gasteiger partial charge in [-0.05, 0) is 50.3 Å². The van der Waals surface area contributed by atoms with Gasteiger partial charge in [0.05, 0.1) is 6.26 Å². The standard InChI is InChI=1S/C23H28N2O3/c1-16-9-11-17(12-10-16)21(22(26)24-18-6-3-2-4-7-18)25(19-13-14-19)23(27)20-8-5-15-28-20/h5,8-12,15,18-19,21H,2-4,6-7,13-14H2,1H3,(H,24,26).